The zero-order chi connectivity index (χ0) is 8.97. The van der Waals surface area contributed by atoms with Crippen LogP contribution in [0.5, 0.6) is 0 Å². The van der Waals surface area contributed by atoms with Crippen molar-refractivity contribution in [3.63, 3.8) is 0 Å². The normalized spacial score (nSPS) is 21.1. The molecule has 1 heterocycles. The molecule has 0 aromatic heterocycles. The molecule has 0 bridgehead atoms. The fraction of sp³-hybridized carbons (Fsp3) is 0.889. The van der Waals surface area contributed by atoms with Gasteiger partial charge in [0.15, 0.2) is 0 Å². The molecule has 12 heavy (non-hydrogen) atoms. The summed E-state index contributed by atoms with van der Waals surface area (Å²) in [4.78, 5) is 12.9. The van der Waals surface area contributed by atoms with Crippen LogP contribution < -0.4 is 0 Å². The molecule has 1 fully saturated rings. The van der Waals surface area contributed by atoms with E-state index >= 15 is 0 Å². The molecule has 0 spiro atoms. The molecule has 70 valence electrons. The number of hydrogen-bond acceptors (Lipinski definition) is 2. The van der Waals surface area contributed by atoms with Crippen molar-refractivity contribution < 1.29 is 9.90 Å². The van der Waals surface area contributed by atoms with Crippen molar-refractivity contribution in [1.29, 1.82) is 0 Å². The number of carboxylic acids is 1. The average Bonchev–Trinajstić information content (AvgIpc) is 2.51. The fourth-order valence-corrected chi connectivity index (χ4v) is 1.79. The van der Waals surface area contributed by atoms with Gasteiger partial charge in [-0.05, 0) is 32.4 Å². The molecule has 0 saturated carbocycles. The van der Waals surface area contributed by atoms with Crippen LogP contribution in [0.3, 0.4) is 0 Å². The van der Waals surface area contributed by atoms with Gasteiger partial charge >= 0.3 is 5.97 Å². The van der Waals surface area contributed by atoms with Gasteiger partial charge in [0.25, 0.3) is 0 Å². The van der Waals surface area contributed by atoms with Crippen molar-refractivity contribution in [2.24, 2.45) is 0 Å². The molecule has 1 N–H and O–H groups in total. The molecule has 1 saturated heterocycles. The Balaban J connectivity index is 2.45. The van der Waals surface area contributed by atoms with Crippen molar-refractivity contribution >= 4 is 5.97 Å². The third-order valence-electron chi connectivity index (χ3n) is 2.43. The van der Waals surface area contributed by atoms with E-state index < -0.39 is 5.97 Å². The van der Waals surface area contributed by atoms with Crippen LogP contribution in [-0.4, -0.2) is 35.1 Å². The van der Waals surface area contributed by atoms with E-state index in [-0.39, 0.29) is 6.04 Å². The van der Waals surface area contributed by atoms with E-state index in [4.69, 9.17) is 5.11 Å². The number of nitrogens with zero attached hydrogens (tertiary/aromatic N) is 1. The molecule has 3 heteroatoms. The molecule has 0 aliphatic carbocycles. The minimum absolute atomic E-state index is 0.225. The summed E-state index contributed by atoms with van der Waals surface area (Å²) in [6.07, 6.45) is 4.06. The largest absolute Gasteiger partial charge is 0.480 e. The van der Waals surface area contributed by atoms with Crippen molar-refractivity contribution in [2.45, 2.75) is 38.6 Å². The van der Waals surface area contributed by atoms with Gasteiger partial charge in [-0.3, -0.25) is 9.69 Å². The van der Waals surface area contributed by atoms with Crippen molar-refractivity contribution in [3.05, 3.63) is 0 Å². The molecule has 0 aromatic carbocycles. The lowest BCUT2D eigenvalue weighted by Gasteiger charge is -2.22. The zero-order valence-electron chi connectivity index (χ0n) is 7.62. The maximum absolute atomic E-state index is 10.8. The second kappa shape index (κ2) is 4.45. The number of carboxylic acid groups (broad SMARTS) is 1. The summed E-state index contributed by atoms with van der Waals surface area (Å²) in [5.74, 6) is -0.654. The Bertz CT molecular complexity index is 153. The Morgan fingerprint density at radius 2 is 2.08 bits per heavy atom. The summed E-state index contributed by atoms with van der Waals surface area (Å²) >= 11 is 0. The molecule has 1 aliphatic rings. The predicted molar refractivity (Wildman–Crippen MR) is 47.1 cm³/mol. The summed E-state index contributed by atoms with van der Waals surface area (Å²) in [7, 11) is 0. The highest BCUT2D eigenvalue weighted by Gasteiger charge is 2.26. The molecule has 0 aromatic rings. The van der Waals surface area contributed by atoms with Crippen LogP contribution in [-0.2, 0) is 4.79 Å². The van der Waals surface area contributed by atoms with E-state index in [1.165, 1.54) is 0 Å². The third kappa shape index (κ3) is 2.21. The monoisotopic (exact) mass is 171 g/mol. The Hall–Kier alpha value is -0.570. The summed E-state index contributed by atoms with van der Waals surface area (Å²) in [5.41, 5.74) is 0. The summed E-state index contributed by atoms with van der Waals surface area (Å²) in [6, 6.07) is -0.225. The molecule has 3 nitrogen and oxygen atoms in total. The standard InChI is InChI=1S/C9H17NO2/c1-2-5-8(9(11)12)10-6-3-4-7-10/h8H,2-7H2,1H3,(H,11,12)/t8-/m0/s1. The van der Waals surface area contributed by atoms with Gasteiger partial charge in [-0.15, -0.1) is 0 Å². The number of aliphatic carboxylic acids is 1. The number of likely N-dealkylation sites (tertiary alicyclic amines) is 1. The topological polar surface area (TPSA) is 40.5 Å². The molecular weight excluding hydrogens is 154 g/mol. The lowest BCUT2D eigenvalue weighted by atomic mass is 10.1. The predicted octanol–water partition coefficient (Wildman–Crippen LogP) is 1.34. The van der Waals surface area contributed by atoms with Gasteiger partial charge in [-0.25, -0.2) is 0 Å². The maximum Gasteiger partial charge on any atom is 0.320 e. The quantitative estimate of drug-likeness (QED) is 0.693. The molecule has 1 aliphatic heterocycles. The zero-order valence-corrected chi connectivity index (χ0v) is 7.62. The van der Waals surface area contributed by atoms with Gasteiger partial charge < -0.3 is 5.11 Å². The Labute approximate surface area is 73.4 Å². The van der Waals surface area contributed by atoms with Crippen LogP contribution in [0.1, 0.15) is 32.6 Å². The van der Waals surface area contributed by atoms with Crippen LogP contribution >= 0.6 is 0 Å². The van der Waals surface area contributed by atoms with E-state index in [0.29, 0.717) is 0 Å². The van der Waals surface area contributed by atoms with E-state index in [9.17, 15) is 4.79 Å². The van der Waals surface area contributed by atoms with Gasteiger partial charge in [0.05, 0.1) is 0 Å². The Morgan fingerprint density at radius 3 is 2.50 bits per heavy atom. The van der Waals surface area contributed by atoms with Crippen LogP contribution in [0, 0.1) is 0 Å². The van der Waals surface area contributed by atoms with E-state index in [0.717, 1.165) is 38.8 Å². The Morgan fingerprint density at radius 1 is 1.50 bits per heavy atom. The van der Waals surface area contributed by atoms with Crippen LogP contribution in [0.15, 0.2) is 0 Å². The van der Waals surface area contributed by atoms with E-state index in [2.05, 4.69) is 4.90 Å². The number of carbonyl (C=O) groups is 1. The summed E-state index contributed by atoms with van der Waals surface area (Å²) in [6.45, 7) is 3.97. The first kappa shape index (κ1) is 9.52. The second-order valence-corrected chi connectivity index (χ2v) is 3.39. The van der Waals surface area contributed by atoms with Gasteiger partial charge in [0, 0.05) is 0 Å². The average molecular weight is 171 g/mol. The smallest absolute Gasteiger partial charge is 0.320 e. The molecule has 0 amide bonds. The van der Waals surface area contributed by atoms with Crippen molar-refractivity contribution in [1.82, 2.24) is 4.90 Å². The summed E-state index contributed by atoms with van der Waals surface area (Å²) in [5, 5.41) is 8.92. The third-order valence-corrected chi connectivity index (χ3v) is 2.43. The molecule has 1 rings (SSSR count). The van der Waals surface area contributed by atoms with Gasteiger partial charge in [-0.1, -0.05) is 13.3 Å². The van der Waals surface area contributed by atoms with Crippen LogP contribution in [0.2, 0.25) is 0 Å². The highest BCUT2D eigenvalue weighted by Crippen LogP contribution is 2.15. The highest BCUT2D eigenvalue weighted by molar-refractivity contribution is 5.73. The molecule has 1 atom stereocenters. The molecule has 0 radical (unpaired) electrons. The minimum atomic E-state index is -0.654. The first-order valence-corrected chi connectivity index (χ1v) is 4.72. The van der Waals surface area contributed by atoms with Gasteiger partial charge in [-0.2, -0.15) is 0 Å². The van der Waals surface area contributed by atoms with Crippen LogP contribution in [0.25, 0.3) is 0 Å². The van der Waals surface area contributed by atoms with Crippen molar-refractivity contribution in [2.75, 3.05) is 13.1 Å². The van der Waals surface area contributed by atoms with E-state index in [1.807, 2.05) is 6.92 Å². The number of hydrogen-bond donors (Lipinski definition) is 1. The Kier molecular flexibility index (Phi) is 3.53. The first-order valence-electron chi connectivity index (χ1n) is 4.72. The van der Waals surface area contributed by atoms with Crippen LogP contribution in [0.4, 0.5) is 0 Å². The first-order chi connectivity index (χ1) is 5.75. The number of rotatable bonds is 4. The van der Waals surface area contributed by atoms with Crippen molar-refractivity contribution in [3.8, 4) is 0 Å². The van der Waals surface area contributed by atoms with E-state index in [1.54, 1.807) is 0 Å². The maximum atomic E-state index is 10.8. The summed E-state index contributed by atoms with van der Waals surface area (Å²) < 4.78 is 0. The molecular formula is C9H17NO2. The molecule has 0 unspecified atom stereocenters. The minimum Gasteiger partial charge on any atom is -0.480 e. The fourth-order valence-electron chi connectivity index (χ4n) is 1.79. The van der Waals surface area contributed by atoms with Gasteiger partial charge in [0.2, 0.25) is 0 Å². The van der Waals surface area contributed by atoms with Gasteiger partial charge in [0.1, 0.15) is 6.04 Å². The lowest BCUT2D eigenvalue weighted by molar-refractivity contribution is -0.143. The highest BCUT2D eigenvalue weighted by atomic mass is 16.4. The lowest BCUT2D eigenvalue weighted by Crippen LogP contribution is -2.39. The second-order valence-electron chi connectivity index (χ2n) is 3.39. The SMILES string of the molecule is CCC[C@@H](C(=O)O)N1CCCC1.